The van der Waals surface area contributed by atoms with Crippen LogP contribution in [0.25, 0.3) is 0 Å². The van der Waals surface area contributed by atoms with Crippen molar-refractivity contribution in [3.63, 3.8) is 0 Å². The van der Waals surface area contributed by atoms with Gasteiger partial charge in [0.15, 0.2) is 5.11 Å². The minimum atomic E-state index is 0.799. The van der Waals surface area contributed by atoms with Crippen molar-refractivity contribution in [1.29, 1.82) is 0 Å². The lowest BCUT2D eigenvalue weighted by Crippen LogP contribution is -2.49. The van der Waals surface area contributed by atoms with Gasteiger partial charge in [0.1, 0.15) is 0 Å². The normalized spacial score (nSPS) is 14.4. The van der Waals surface area contributed by atoms with Gasteiger partial charge in [-0.1, -0.05) is 48.5 Å². The predicted molar refractivity (Wildman–Crippen MR) is 126 cm³/mol. The molecule has 148 valence electrons. The van der Waals surface area contributed by atoms with Gasteiger partial charge in [-0.2, -0.15) is 0 Å². The van der Waals surface area contributed by atoms with Crippen molar-refractivity contribution >= 4 is 34.4 Å². The van der Waals surface area contributed by atoms with E-state index in [1.807, 2.05) is 18.2 Å². The Morgan fingerprint density at radius 1 is 0.690 bits per heavy atom. The maximum atomic E-state index is 5.64. The lowest BCUT2D eigenvalue weighted by molar-refractivity contribution is 0.177. The predicted octanol–water partition coefficient (Wildman–Crippen LogP) is 4.94. The van der Waals surface area contributed by atoms with Crippen LogP contribution in [0.2, 0.25) is 0 Å². The van der Waals surface area contributed by atoms with Crippen LogP contribution in [0.4, 0.5) is 17.1 Å². The Bertz CT molecular complexity index is 905. The third-order valence-corrected chi connectivity index (χ3v) is 5.47. The van der Waals surface area contributed by atoms with E-state index >= 15 is 0 Å². The number of thiocarbonyl (C=S) groups is 1. The minimum Gasteiger partial charge on any atom is -0.356 e. The van der Waals surface area contributed by atoms with Crippen LogP contribution in [0.15, 0.2) is 84.9 Å². The van der Waals surface area contributed by atoms with Crippen molar-refractivity contribution in [3.05, 3.63) is 90.5 Å². The molecule has 0 aliphatic carbocycles. The zero-order valence-corrected chi connectivity index (χ0v) is 17.2. The topological polar surface area (TPSA) is 30.5 Å². The maximum absolute atomic E-state index is 5.64. The number of hydrogen-bond acceptors (Lipinski definition) is 3. The standard InChI is InChI=1S/C24H26N4S/c29-24(28-17-15-27(16-18-28)19-20-7-3-1-4-8-20)26-23-13-11-22(12-14-23)25-21-9-5-2-6-10-21/h1-14,25H,15-19H2,(H,26,29). The van der Waals surface area contributed by atoms with E-state index in [4.69, 9.17) is 12.2 Å². The monoisotopic (exact) mass is 402 g/mol. The first-order valence-corrected chi connectivity index (χ1v) is 10.4. The van der Waals surface area contributed by atoms with Gasteiger partial charge in [-0.15, -0.1) is 0 Å². The third kappa shape index (κ3) is 5.56. The molecule has 0 spiro atoms. The summed E-state index contributed by atoms with van der Waals surface area (Å²) in [5, 5.41) is 7.57. The summed E-state index contributed by atoms with van der Waals surface area (Å²) in [6.07, 6.45) is 0. The largest absolute Gasteiger partial charge is 0.356 e. The van der Waals surface area contributed by atoms with Crippen LogP contribution < -0.4 is 10.6 Å². The van der Waals surface area contributed by atoms with Crippen LogP contribution in [0.1, 0.15) is 5.56 Å². The second kappa shape index (κ2) is 9.54. The summed E-state index contributed by atoms with van der Waals surface area (Å²) in [7, 11) is 0. The number of anilines is 3. The molecule has 1 saturated heterocycles. The van der Waals surface area contributed by atoms with Crippen molar-refractivity contribution < 1.29 is 0 Å². The van der Waals surface area contributed by atoms with Crippen molar-refractivity contribution in [2.24, 2.45) is 0 Å². The molecule has 4 rings (SSSR count). The van der Waals surface area contributed by atoms with Crippen molar-refractivity contribution in [3.8, 4) is 0 Å². The summed E-state index contributed by atoms with van der Waals surface area (Å²) < 4.78 is 0. The van der Waals surface area contributed by atoms with Crippen molar-refractivity contribution in [1.82, 2.24) is 9.80 Å². The summed E-state index contributed by atoms with van der Waals surface area (Å²) in [5.74, 6) is 0. The summed E-state index contributed by atoms with van der Waals surface area (Å²) >= 11 is 5.64. The Balaban J connectivity index is 1.25. The Labute approximate surface area is 178 Å². The van der Waals surface area contributed by atoms with Gasteiger partial charge in [0.2, 0.25) is 0 Å². The van der Waals surface area contributed by atoms with Gasteiger partial charge in [-0.05, 0) is 54.2 Å². The molecule has 2 N–H and O–H groups in total. The lowest BCUT2D eigenvalue weighted by atomic mass is 10.2. The zero-order chi connectivity index (χ0) is 19.9. The molecule has 1 fully saturated rings. The third-order valence-electron chi connectivity index (χ3n) is 5.11. The molecule has 3 aromatic rings. The van der Waals surface area contributed by atoms with Crippen molar-refractivity contribution in [2.75, 3.05) is 36.8 Å². The van der Waals surface area contributed by atoms with E-state index in [-0.39, 0.29) is 0 Å². The van der Waals surface area contributed by atoms with Gasteiger partial charge in [0.05, 0.1) is 0 Å². The molecule has 0 unspecified atom stereocenters. The number of hydrogen-bond donors (Lipinski definition) is 2. The first-order chi connectivity index (χ1) is 14.3. The van der Waals surface area contributed by atoms with Gasteiger partial charge in [0, 0.05) is 49.8 Å². The van der Waals surface area contributed by atoms with E-state index < -0.39 is 0 Å². The zero-order valence-electron chi connectivity index (χ0n) is 16.4. The number of piperazine rings is 1. The van der Waals surface area contributed by atoms with Gasteiger partial charge in [0.25, 0.3) is 0 Å². The second-order valence-electron chi connectivity index (χ2n) is 7.25. The highest BCUT2D eigenvalue weighted by Crippen LogP contribution is 2.19. The highest BCUT2D eigenvalue weighted by Gasteiger charge is 2.19. The smallest absolute Gasteiger partial charge is 0.173 e. The summed E-state index contributed by atoms with van der Waals surface area (Å²) in [4.78, 5) is 4.74. The van der Waals surface area contributed by atoms with Gasteiger partial charge >= 0.3 is 0 Å². The number of benzene rings is 3. The van der Waals surface area contributed by atoms with E-state index in [1.165, 1.54) is 5.56 Å². The number of nitrogens with zero attached hydrogens (tertiary/aromatic N) is 2. The minimum absolute atomic E-state index is 0.799. The van der Waals surface area contributed by atoms with Crippen molar-refractivity contribution in [2.45, 2.75) is 6.54 Å². The van der Waals surface area contributed by atoms with Crippen LogP contribution in [0.5, 0.6) is 0 Å². The molecule has 0 aromatic heterocycles. The van der Waals surface area contributed by atoms with Crippen LogP contribution in [0, 0.1) is 0 Å². The molecule has 1 heterocycles. The highest BCUT2D eigenvalue weighted by atomic mass is 32.1. The molecule has 4 nitrogen and oxygen atoms in total. The van der Waals surface area contributed by atoms with Crippen LogP contribution in [0.3, 0.4) is 0 Å². The first kappa shape index (κ1) is 19.4. The Hall–Kier alpha value is -2.89. The molecule has 0 amide bonds. The van der Waals surface area contributed by atoms with Gasteiger partial charge in [-0.3, -0.25) is 4.90 Å². The summed E-state index contributed by atoms with van der Waals surface area (Å²) in [6, 6.07) is 29.1. The molecule has 5 heteroatoms. The van der Waals surface area contributed by atoms with E-state index in [1.54, 1.807) is 0 Å². The molecular weight excluding hydrogens is 376 g/mol. The molecule has 3 aromatic carbocycles. The molecule has 29 heavy (non-hydrogen) atoms. The molecule has 0 atom stereocenters. The number of rotatable bonds is 5. The van der Waals surface area contributed by atoms with E-state index in [0.29, 0.717) is 0 Å². The molecule has 1 aliphatic heterocycles. The fraction of sp³-hybridized carbons (Fsp3) is 0.208. The second-order valence-corrected chi connectivity index (χ2v) is 7.63. The fourth-order valence-electron chi connectivity index (χ4n) is 3.48. The number of nitrogens with one attached hydrogen (secondary N) is 2. The molecule has 0 saturated carbocycles. The summed E-state index contributed by atoms with van der Waals surface area (Å²) in [6.45, 7) is 4.96. The maximum Gasteiger partial charge on any atom is 0.173 e. The first-order valence-electron chi connectivity index (χ1n) is 10.0. The van der Waals surface area contributed by atoms with Gasteiger partial charge < -0.3 is 15.5 Å². The number of para-hydroxylation sites is 1. The van der Waals surface area contributed by atoms with E-state index in [0.717, 1.165) is 54.9 Å². The van der Waals surface area contributed by atoms with Crippen LogP contribution in [-0.4, -0.2) is 41.1 Å². The fourth-order valence-corrected chi connectivity index (χ4v) is 3.78. The average Bonchev–Trinajstić information content (AvgIpc) is 2.77. The molecule has 1 aliphatic rings. The molecular formula is C24H26N4S. The van der Waals surface area contributed by atoms with Crippen LogP contribution in [-0.2, 0) is 6.54 Å². The quantitative estimate of drug-likeness (QED) is 0.590. The molecule has 0 bridgehead atoms. The van der Waals surface area contributed by atoms with E-state index in [9.17, 15) is 0 Å². The lowest BCUT2D eigenvalue weighted by Gasteiger charge is -2.36. The SMILES string of the molecule is S=C(Nc1ccc(Nc2ccccc2)cc1)N1CCN(Cc2ccccc2)CC1. The Morgan fingerprint density at radius 2 is 1.24 bits per heavy atom. The molecule has 0 radical (unpaired) electrons. The van der Waals surface area contributed by atoms with Crippen LogP contribution >= 0.6 is 12.2 Å². The summed E-state index contributed by atoms with van der Waals surface area (Å²) in [5.41, 5.74) is 4.52. The Kier molecular flexibility index (Phi) is 6.39. The van der Waals surface area contributed by atoms with Gasteiger partial charge in [-0.25, -0.2) is 0 Å². The van der Waals surface area contributed by atoms with E-state index in [2.05, 4.69) is 87.2 Å². The average molecular weight is 403 g/mol. The highest BCUT2D eigenvalue weighted by molar-refractivity contribution is 7.80. The Morgan fingerprint density at radius 3 is 1.90 bits per heavy atom.